The van der Waals surface area contributed by atoms with Crippen LogP contribution in [0.3, 0.4) is 0 Å². The van der Waals surface area contributed by atoms with Crippen molar-refractivity contribution < 1.29 is 9.90 Å². The van der Waals surface area contributed by atoms with Crippen molar-refractivity contribution in [3.05, 3.63) is 30.0 Å². The molecule has 1 aromatic heterocycles. The third kappa shape index (κ3) is 1.38. The summed E-state index contributed by atoms with van der Waals surface area (Å²) in [4.78, 5) is 11.8. The monoisotopic (exact) mass is 244 g/mol. The molecular formula is C14H16N2O2. The zero-order valence-electron chi connectivity index (χ0n) is 10.4. The van der Waals surface area contributed by atoms with Crippen molar-refractivity contribution in [1.29, 1.82) is 0 Å². The molecule has 1 aromatic carbocycles. The molecule has 0 bridgehead atoms. The first-order valence-electron chi connectivity index (χ1n) is 6.30. The molecule has 4 nitrogen and oxygen atoms in total. The van der Waals surface area contributed by atoms with Crippen molar-refractivity contribution in [1.82, 2.24) is 9.78 Å². The summed E-state index contributed by atoms with van der Waals surface area (Å²) in [6.07, 6.45) is 5.23. The molecule has 2 aromatic rings. The van der Waals surface area contributed by atoms with Gasteiger partial charge in [0, 0.05) is 12.4 Å². The number of aromatic nitrogens is 2. The van der Waals surface area contributed by atoms with Gasteiger partial charge in [0.15, 0.2) is 0 Å². The number of carboxylic acid groups (broad SMARTS) is 1. The minimum absolute atomic E-state index is 0.700. The van der Waals surface area contributed by atoms with Crippen LogP contribution >= 0.6 is 0 Å². The first-order chi connectivity index (χ1) is 8.65. The number of hydrogen-bond acceptors (Lipinski definition) is 2. The standard InChI is InChI=1S/C14H16N2O2/c1-16-12-10(9-15-16)5-4-6-11(12)14(13(17)18)7-2-3-8-14/h4-6,9H,2-3,7-8H2,1H3,(H,17,18). The molecule has 1 N–H and O–H groups in total. The number of hydrogen-bond donors (Lipinski definition) is 1. The Bertz CT molecular complexity index is 609. The molecule has 1 heterocycles. The average Bonchev–Trinajstić information content (AvgIpc) is 2.97. The highest BCUT2D eigenvalue weighted by atomic mass is 16.4. The van der Waals surface area contributed by atoms with Crippen LogP contribution in [0.1, 0.15) is 31.2 Å². The Morgan fingerprint density at radius 1 is 1.39 bits per heavy atom. The molecule has 0 unspecified atom stereocenters. The zero-order chi connectivity index (χ0) is 12.8. The number of aliphatic carboxylic acids is 1. The minimum atomic E-state index is -0.715. The molecule has 0 amide bonds. The molecule has 0 aliphatic heterocycles. The number of benzene rings is 1. The lowest BCUT2D eigenvalue weighted by Gasteiger charge is -2.25. The molecule has 0 atom stereocenters. The first kappa shape index (κ1) is 11.3. The van der Waals surface area contributed by atoms with Gasteiger partial charge in [-0.15, -0.1) is 0 Å². The number of carboxylic acids is 1. The number of para-hydroxylation sites is 1. The van der Waals surface area contributed by atoms with E-state index in [0.29, 0.717) is 0 Å². The third-order valence-corrected chi connectivity index (χ3v) is 4.14. The largest absolute Gasteiger partial charge is 0.481 e. The van der Waals surface area contributed by atoms with E-state index in [-0.39, 0.29) is 0 Å². The molecular weight excluding hydrogens is 228 g/mol. The van der Waals surface area contributed by atoms with Gasteiger partial charge in [0.25, 0.3) is 0 Å². The summed E-state index contributed by atoms with van der Waals surface area (Å²) in [5, 5.41) is 14.9. The smallest absolute Gasteiger partial charge is 0.314 e. The van der Waals surface area contributed by atoms with Gasteiger partial charge in [-0.2, -0.15) is 5.10 Å². The van der Waals surface area contributed by atoms with Crippen LogP contribution in [0.2, 0.25) is 0 Å². The highest BCUT2D eigenvalue weighted by Gasteiger charge is 2.44. The summed E-state index contributed by atoms with van der Waals surface area (Å²) in [6.45, 7) is 0. The lowest BCUT2D eigenvalue weighted by Crippen LogP contribution is -2.33. The van der Waals surface area contributed by atoms with Crippen LogP contribution in [-0.4, -0.2) is 20.9 Å². The summed E-state index contributed by atoms with van der Waals surface area (Å²) >= 11 is 0. The first-order valence-corrected chi connectivity index (χ1v) is 6.30. The summed E-state index contributed by atoms with van der Waals surface area (Å²) < 4.78 is 1.79. The summed E-state index contributed by atoms with van der Waals surface area (Å²) in [5.41, 5.74) is 1.17. The Hall–Kier alpha value is -1.84. The molecule has 0 saturated heterocycles. The Balaban J connectivity index is 2.30. The second-order valence-electron chi connectivity index (χ2n) is 5.11. The van der Waals surface area contributed by atoms with Crippen LogP contribution in [0.15, 0.2) is 24.4 Å². The van der Waals surface area contributed by atoms with E-state index >= 15 is 0 Å². The summed E-state index contributed by atoms with van der Waals surface area (Å²) in [7, 11) is 1.87. The average molecular weight is 244 g/mol. The van der Waals surface area contributed by atoms with E-state index in [1.807, 2.05) is 25.2 Å². The van der Waals surface area contributed by atoms with Crippen LogP contribution in [0.5, 0.6) is 0 Å². The quantitative estimate of drug-likeness (QED) is 0.882. The Morgan fingerprint density at radius 3 is 2.78 bits per heavy atom. The molecule has 0 spiro atoms. The predicted molar refractivity (Wildman–Crippen MR) is 68.5 cm³/mol. The second kappa shape index (κ2) is 3.83. The normalized spacial score (nSPS) is 18.3. The maximum atomic E-state index is 11.8. The maximum Gasteiger partial charge on any atom is 0.314 e. The molecule has 1 aliphatic rings. The van der Waals surface area contributed by atoms with Gasteiger partial charge in [0.1, 0.15) is 0 Å². The number of fused-ring (bicyclic) bond motifs is 1. The van der Waals surface area contributed by atoms with E-state index in [4.69, 9.17) is 0 Å². The zero-order valence-corrected chi connectivity index (χ0v) is 10.4. The van der Waals surface area contributed by atoms with Gasteiger partial charge in [-0.1, -0.05) is 31.0 Å². The van der Waals surface area contributed by atoms with Gasteiger partial charge < -0.3 is 5.11 Å². The van der Waals surface area contributed by atoms with E-state index in [9.17, 15) is 9.90 Å². The summed E-state index contributed by atoms with van der Waals surface area (Å²) in [5.74, 6) is -0.700. The van der Waals surface area contributed by atoms with E-state index < -0.39 is 11.4 Å². The lowest BCUT2D eigenvalue weighted by atomic mass is 9.78. The van der Waals surface area contributed by atoms with E-state index in [2.05, 4.69) is 5.10 Å². The number of carbonyl (C=O) groups is 1. The van der Waals surface area contributed by atoms with Gasteiger partial charge in [-0.3, -0.25) is 9.48 Å². The topological polar surface area (TPSA) is 55.1 Å². The Kier molecular flexibility index (Phi) is 2.40. The summed E-state index contributed by atoms with van der Waals surface area (Å²) in [6, 6.07) is 5.86. The lowest BCUT2D eigenvalue weighted by molar-refractivity contribution is -0.143. The molecule has 1 fully saturated rings. The minimum Gasteiger partial charge on any atom is -0.481 e. The molecule has 4 heteroatoms. The fourth-order valence-corrected chi connectivity index (χ4v) is 3.20. The van der Waals surface area contributed by atoms with Crippen LogP contribution < -0.4 is 0 Å². The van der Waals surface area contributed by atoms with Gasteiger partial charge in [-0.25, -0.2) is 0 Å². The van der Waals surface area contributed by atoms with Crippen LogP contribution in [0.4, 0.5) is 0 Å². The SMILES string of the molecule is Cn1ncc2cccc(C3(C(=O)O)CCCC3)c21. The van der Waals surface area contributed by atoms with Crippen molar-refractivity contribution in [3.8, 4) is 0 Å². The third-order valence-electron chi connectivity index (χ3n) is 4.14. The Morgan fingerprint density at radius 2 is 2.11 bits per heavy atom. The Labute approximate surface area is 105 Å². The van der Waals surface area contributed by atoms with Crippen molar-refractivity contribution in [2.45, 2.75) is 31.1 Å². The molecule has 0 radical (unpaired) electrons. The van der Waals surface area contributed by atoms with E-state index in [0.717, 1.165) is 42.1 Å². The maximum absolute atomic E-state index is 11.8. The molecule has 1 aliphatic carbocycles. The highest BCUT2D eigenvalue weighted by molar-refractivity contribution is 5.91. The van der Waals surface area contributed by atoms with Crippen molar-refractivity contribution in [3.63, 3.8) is 0 Å². The molecule has 18 heavy (non-hydrogen) atoms. The van der Waals surface area contributed by atoms with Crippen LogP contribution in [0, 0.1) is 0 Å². The fraction of sp³-hybridized carbons (Fsp3) is 0.429. The number of rotatable bonds is 2. The van der Waals surface area contributed by atoms with Gasteiger partial charge in [-0.05, 0) is 18.4 Å². The highest BCUT2D eigenvalue weighted by Crippen LogP contribution is 2.43. The van der Waals surface area contributed by atoms with E-state index in [1.165, 1.54) is 0 Å². The molecule has 3 rings (SSSR count). The van der Waals surface area contributed by atoms with Gasteiger partial charge in [0.05, 0.1) is 17.1 Å². The number of nitrogens with zero attached hydrogens (tertiary/aromatic N) is 2. The molecule has 1 saturated carbocycles. The predicted octanol–water partition coefficient (Wildman–Crippen LogP) is 2.47. The van der Waals surface area contributed by atoms with Crippen molar-refractivity contribution in [2.75, 3.05) is 0 Å². The van der Waals surface area contributed by atoms with E-state index in [1.54, 1.807) is 10.9 Å². The number of aryl methyl sites for hydroxylation is 1. The van der Waals surface area contributed by atoms with Crippen LogP contribution in [0.25, 0.3) is 10.9 Å². The van der Waals surface area contributed by atoms with Crippen LogP contribution in [-0.2, 0) is 17.3 Å². The van der Waals surface area contributed by atoms with Crippen molar-refractivity contribution >= 4 is 16.9 Å². The molecule has 94 valence electrons. The van der Waals surface area contributed by atoms with Gasteiger partial charge >= 0.3 is 5.97 Å². The van der Waals surface area contributed by atoms with Gasteiger partial charge in [0.2, 0.25) is 0 Å². The second-order valence-corrected chi connectivity index (χ2v) is 5.11. The fourth-order valence-electron chi connectivity index (χ4n) is 3.20. The van der Waals surface area contributed by atoms with Crippen molar-refractivity contribution in [2.24, 2.45) is 7.05 Å².